The van der Waals surface area contributed by atoms with Crippen LogP contribution in [0.5, 0.6) is 11.5 Å². The molecule has 1 aromatic heterocycles. The zero-order valence-corrected chi connectivity index (χ0v) is 10.0. The van der Waals surface area contributed by atoms with Gasteiger partial charge >= 0.3 is 0 Å². The number of nitrogens with two attached hydrogens (primary N) is 1. The molecule has 17 heavy (non-hydrogen) atoms. The number of aromatic nitrogens is 1. The second-order valence-electron chi connectivity index (χ2n) is 4.41. The maximum Gasteiger partial charge on any atom is 0.166 e. The number of rotatable bonds is 2. The van der Waals surface area contributed by atoms with Gasteiger partial charge in [-0.2, -0.15) is 0 Å². The van der Waals surface area contributed by atoms with E-state index in [1.807, 2.05) is 6.07 Å². The Balaban J connectivity index is 2.42. The zero-order chi connectivity index (χ0) is 12.0. The van der Waals surface area contributed by atoms with Crippen molar-refractivity contribution in [2.75, 3.05) is 14.2 Å². The van der Waals surface area contributed by atoms with Crippen molar-refractivity contribution >= 4 is 10.9 Å². The monoisotopic (exact) mass is 232 g/mol. The summed E-state index contributed by atoms with van der Waals surface area (Å²) < 4.78 is 10.8. The standard InChI is InChI=1S/C13H16N2O2/c1-16-10-5-9-11-7(6-15-9)3-4-8(14)12(11)13(10)17-2/h5-6,8,15H,3-4,14H2,1-2H3. The molecule has 0 bridgehead atoms. The van der Waals surface area contributed by atoms with E-state index < -0.39 is 0 Å². The van der Waals surface area contributed by atoms with Gasteiger partial charge in [-0.05, 0) is 18.4 Å². The molecular formula is C13H16N2O2. The first-order valence-corrected chi connectivity index (χ1v) is 5.76. The fourth-order valence-corrected chi connectivity index (χ4v) is 2.73. The molecule has 0 spiro atoms. The summed E-state index contributed by atoms with van der Waals surface area (Å²) in [5, 5.41) is 1.21. The zero-order valence-electron chi connectivity index (χ0n) is 10.0. The number of methoxy groups -OCH3 is 2. The molecular weight excluding hydrogens is 216 g/mol. The smallest absolute Gasteiger partial charge is 0.166 e. The molecule has 0 saturated carbocycles. The van der Waals surface area contributed by atoms with E-state index in [1.165, 1.54) is 10.9 Å². The minimum atomic E-state index is 0.0193. The van der Waals surface area contributed by atoms with Crippen molar-refractivity contribution in [3.63, 3.8) is 0 Å². The van der Waals surface area contributed by atoms with Crippen LogP contribution in [-0.4, -0.2) is 19.2 Å². The van der Waals surface area contributed by atoms with Gasteiger partial charge in [0.1, 0.15) is 0 Å². The third-order valence-electron chi connectivity index (χ3n) is 3.53. The summed E-state index contributed by atoms with van der Waals surface area (Å²) in [4.78, 5) is 3.28. The molecule has 1 aromatic carbocycles. The normalized spacial score (nSPS) is 18.4. The summed E-state index contributed by atoms with van der Waals surface area (Å²) in [6, 6.07) is 1.99. The van der Waals surface area contributed by atoms with Crippen LogP contribution in [0.4, 0.5) is 0 Å². The maximum atomic E-state index is 6.21. The Bertz CT molecular complexity index is 574. The van der Waals surface area contributed by atoms with E-state index in [2.05, 4.69) is 11.2 Å². The Morgan fingerprint density at radius 3 is 2.88 bits per heavy atom. The van der Waals surface area contributed by atoms with Crippen molar-refractivity contribution in [3.05, 3.63) is 23.4 Å². The van der Waals surface area contributed by atoms with E-state index >= 15 is 0 Å². The number of benzene rings is 1. The van der Waals surface area contributed by atoms with Gasteiger partial charge in [-0.3, -0.25) is 0 Å². The van der Waals surface area contributed by atoms with Gasteiger partial charge in [0.25, 0.3) is 0 Å². The molecule has 3 rings (SSSR count). The van der Waals surface area contributed by atoms with E-state index in [0.29, 0.717) is 0 Å². The van der Waals surface area contributed by atoms with Crippen molar-refractivity contribution in [2.45, 2.75) is 18.9 Å². The van der Waals surface area contributed by atoms with Crippen molar-refractivity contribution < 1.29 is 9.47 Å². The second kappa shape index (κ2) is 3.67. The average Bonchev–Trinajstić information content (AvgIpc) is 2.76. The summed E-state index contributed by atoms with van der Waals surface area (Å²) in [5.41, 5.74) is 9.68. The SMILES string of the molecule is COc1cc2[nH]cc3c2c(c1OC)C(N)CC3. The summed E-state index contributed by atoms with van der Waals surface area (Å²) in [5.74, 6) is 1.51. The van der Waals surface area contributed by atoms with Crippen LogP contribution in [0.15, 0.2) is 12.3 Å². The Kier molecular flexibility index (Phi) is 2.26. The lowest BCUT2D eigenvalue weighted by Gasteiger charge is -2.23. The van der Waals surface area contributed by atoms with Gasteiger partial charge in [0.15, 0.2) is 11.5 Å². The number of hydrogen-bond acceptors (Lipinski definition) is 3. The summed E-state index contributed by atoms with van der Waals surface area (Å²) in [6.07, 6.45) is 4.02. The van der Waals surface area contributed by atoms with Crippen molar-refractivity contribution in [3.8, 4) is 11.5 Å². The quantitative estimate of drug-likeness (QED) is 0.833. The largest absolute Gasteiger partial charge is 0.493 e. The Morgan fingerprint density at radius 1 is 1.35 bits per heavy atom. The fraction of sp³-hybridized carbons (Fsp3) is 0.385. The molecule has 3 N–H and O–H groups in total. The number of ether oxygens (including phenoxy) is 2. The Labute approximate surface area is 99.7 Å². The molecule has 0 fully saturated rings. The van der Waals surface area contributed by atoms with Crippen LogP contribution in [0.2, 0.25) is 0 Å². The van der Waals surface area contributed by atoms with Crippen molar-refractivity contribution in [1.82, 2.24) is 4.98 Å². The molecule has 0 aliphatic heterocycles. The highest BCUT2D eigenvalue weighted by Gasteiger charge is 2.26. The van der Waals surface area contributed by atoms with E-state index in [0.717, 1.165) is 35.4 Å². The van der Waals surface area contributed by atoms with Crippen LogP contribution >= 0.6 is 0 Å². The van der Waals surface area contributed by atoms with Crippen LogP contribution in [-0.2, 0) is 6.42 Å². The van der Waals surface area contributed by atoms with Crippen molar-refractivity contribution in [2.24, 2.45) is 5.73 Å². The summed E-state index contributed by atoms with van der Waals surface area (Å²) in [7, 11) is 3.31. The minimum Gasteiger partial charge on any atom is -0.493 e. The molecule has 90 valence electrons. The van der Waals surface area contributed by atoms with Crippen LogP contribution in [0.1, 0.15) is 23.6 Å². The van der Waals surface area contributed by atoms with Crippen LogP contribution in [0.3, 0.4) is 0 Å². The fourth-order valence-electron chi connectivity index (χ4n) is 2.73. The highest BCUT2D eigenvalue weighted by atomic mass is 16.5. The van der Waals surface area contributed by atoms with Gasteiger partial charge in [0, 0.05) is 34.8 Å². The lowest BCUT2D eigenvalue weighted by atomic mass is 9.88. The average molecular weight is 232 g/mol. The number of H-pyrrole nitrogens is 1. The number of aromatic amines is 1. The summed E-state index contributed by atoms with van der Waals surface area (Å²) in [6.45, 7) is 0. The third kappa shape index (κ3) is 1.34. The molecule has 0 amide bonds. The van der Waals surface area contributed by atoms with Gasteiger partial charge in [-0.25, -0.2) is 0 Å². The molecule has 4 heteroatoms. The molecule has 1 atom stereocenters. The number of aryl methyl sites for hydroxylation is 1. The second-order valence-corrected chi connectivity index (χ2v) is 4.41. The lowest BCUT2D eigenvalue weighted by Crippen LogP contribution is -2.17. The maximum absolute atomic E-state index is 6.21. The first-order chi connectivity index (χ1) is 8.26. The highest BCUT2D eigenvalue weighted by Crippen LogP contribution is 2.44. The molecule has 4 nitrogen and oxygen atoms in total. The predicted molar refractivity (Wildman–Crippen MR) is 66.7 cm³/mol. The first-order valence-electron chi connectivity index (χ1n) is 5.76. The number of nitrogens with one attached hydrogen (secondary N) is 1. The van der Waals surface area contributed by atoms with E-state index in [9.17, 15) is 0 Å². The van der Waals surface area contributed by atoms with Gasteiger partial charge in [-0.1, -0.05) is 0 Å². The van der Waals surface area contributed by atoms with Gasteiger partial charge < -0.3 is 20.2 Å². The molecule has 1 heterocycles. The van der Waals surface area contributed by atoms with Gasteiger partial charge in [0.05, 0.1) is 14.2 Å². The van der Waals surface area contributed by atoms with Crippen LogP contribution in [0.25, 0.3) is 10.9 Å². The summed E-state index contributed by atoms with van der Waals surface area (Å²) >= 11 is 0. The lowest BCUT2D eigenvalue weighted by molar-refractivity contribution is 0.349. The Morgan fingerprint density at radius 2 is 2.18 bits per heavy atom. The predicted octanol–water partition coefficient (Wildman–Crippen LogP) is 2.13. The molecule has 1 aliphatic rings. The van der Waals surface area contributed by atoms with E-state index in [1.54, 1.807) is 14.2 Å². The number of hydrogen-bond donors (Lipinski definition) is 2. The topological polar surface area (TPSA) is 60.3 Å². The molecule has 0 saturated heterocycles. The first kappa shape index (κ1) is 10.5. The van der Waals surface area contributed by atoms with Crippen molar-refractivity contribution in [1.29, 1.82) is 0 Å². The van der Waals surface area contributed by atoms with E-state index in [4.69, 9.17) is 15.2 Å². The Hall–Kier alpha value is -1.68. The van der Waals surface area contributed by atoms with Gasteiger partial charge in [0.2, 0.25) is 0 Å². The molecule has 1 unspecified atom stereocenters. The molecule has 0 radical (unpaired) electrons. The van der Waals surface area contributed by atoms with Crippen LogP contribution in [0, 0.1) is 0 Å². The molecule has 1 aliphatic carbocycles. The third-order valence-corrected chi connectivity index (χ3v) is 3.53. The minimum absolute atomic E-state index is 0.0193. The molecule has 2 aromatic rings. The van der Waals surface area contributed by atoms with Crippen LogP contribution < -0.4 is 15.2 Å². The van der Waals surface area contributed by atoms with Gasteiger partial charge in [-0.15, -0.1) is 0 Å². The van der Waals surface area contributed by atoms with E-state index in [-0.39, 0.29) is 6.04 Å². The highest BCUT2D eigenvalue weighted by molar-refractivity contribution is 5.92.